The van der Waals surface area contributed by atoms with Gasteiger partial charge < -0.3 is 19.9 Å². The molecule has 8 heteroatoms. The standard InChI is InChI=1S/C19H30N6OS/c1-4-18-24-22-15-25(18)12-10-20-19(23-16(2)14-26-3)21-11-13-27-17-8-6-5-7-9-17/h5-9,15-16H,4,10-14H2,1-3H3,(H2,20,21,23). The van der Waals surface area contributed by atoms with Crippen molar-refractivity contribution in [3.05, 3.63) is 42.5 Å². The van der Waals surface area contributed by atoms with Crippen molar-refractivity contribution in [1.29, 1.82) is 0 Å². The maximum absolute atomic E-state index is 5.21. The number of aliphatic imine (C=N–C) groups is 1. The SMILES string of the molecule is CCc1nncn1CCN=C(NCCSc1ccccc1)NC(C)COC. The van der Waals surface area contributed by atoms with Gasteiger partial charge in [0.05, 0.1) is 13.2 Å². The molecule has 0 amide bonds. The molecule has 0 fully saturated rings. The second-order valence-corrected chi connectivity index (χ2v) is 7.28. The van der Waals surface area contributed by atoms with Gasteiger partial charge in [-0.2, -0.15) is 0 Å². The molecular weight excluding hydrogens is 360 g/mol. The fourth-order valence-electron chi connectivity index (χ4n) is 2.54. The minimum Gasteiger partial charge on any atom is -0.383 e. The molecule has 0 saturated heterocycles. The van der Waals surface area contributed by atoms with Gasteiger partial charge in [-0.05, 0) is 19.1 Å². The van der Waals surface area contributed by atoms with E-state index in [1.807, 2.05) is 22.4 Å². The molecule has 0 radical (unpaired) electrons. The van der Waals surface area contributed by atoms with Gasteiger partial charge in [-0.1, -0.05) is 25.1 Å². The molecule has 27 heavy (non-hydrogen) atoms. The Labute approximate surface area is 166 Å². The summed E-state index contributed by atoms with van der Waals surface area (Å²) < 4.78 is 7.26. The number of nitrogens with one attached hydrogen (secondary N) is 2. The van der Waals surface area contributed by atoms with Gasteiger partial charge >= 0.3 is 0 Å². The van der Waals surface area contributed by atoms with E-state index in [2.05, 4.69) is 58.9 Å². The van der Waals surface area contributed by atoms with E-state index in [9.17, 15) is 0 Å². The molecular formula is C19H30N6OS. The zero-order chi connectivity index (χ0) is 19.3. The third kappa shape index (κ3) is 8.01. The topological polar surface area (TPSA) is 76.4 Å². The van der Waals surface area contributed by atoms with E-state index >= 15 is 0 Å². The summed E-state index contributed by atoms with van der Waals surface area (Å²) in [6.07, 6.45) is 2.63. The molecule has 2 N–H and O–H groups in total. The first-order valence-corrected chi connectivity index (χ1v) is 10.3. The smallest absolute Gasteiger partial charge is 0.191 e. The van der Waals surface area contributed by atoms with E-state index in [0.29, 0.717) is 13.2 Å². The number of thioether (sulfide) groups is 1. The van der Waals surface area contributed by atoms with Crippen LogP contribution in [0.4, 0.5) is 0 Å². The fraction of sp³-hybridized carbons (Fsp3) is 0.526. The van der Waals surface area contributed by atoms with E-state index in [-0.39, 0.29) is 6.04 Å². The van der Waals surface area contributed by atoms with Gasteiger partial charge in [-0.25, -0.2) is 0 Å². The average Bonchev–Trinajstić information content (AvgIpc) is 3.13. The van der Waals surface area contributed by atoms with Gasteiger partial charge in [-0.3, -0.25) is 4.99 Å². The Balaban J connectivity index is 1.83. The number of hydrogen-bond acceptors (Lipinski definition) is 5. The first kappa shape index (κ1) is 21.2. The second kappa shape index (κ2) is 12.3. The van der Waals surface area contributed by atoms with Crippen molar-refractivity contribution in [2.45, 2.75) is 37.8 Å². The monoisotopic (exact) mass is 390 g/mol. The summed E-state index contributed by atoms with van der Waals surface area (Å²) in [4.78, 5) is 5.97. The summed E-state index contributed by atoms with van der Waals surface area (Å²) in [5.41, 5.74) is 0. The molecule has 0 saturated carbocycles. The van der Waals surface area contributed by atoms with Crippen molar-refractivity contribution in [3.8, 4) is 0 Å². The molecule has 1 aromatic heterocycles. The Hall–Kier alpha value is -2.06. The molecule has 1 aromatic carbocycles. The summed E-state index contributed by atoms with van der Waals surface area (Å²) in [5.74, 6) is 2.76. The van der Waals surface area contributed by atoms with Crippen LogP contribution < -0.4 is 10.6 Å². The van der Waals surface area contributed by atoms with E-state index < -0.39 is 0 Å². The Bertz CT molecular complexity index is 676. The lowest BCUT2D eigenvalue weighted by molar-refractivity contribution is 0.179. The summed E-state index contributed by atoms with van der Waals surface area (Å²) in [5, 5.41) is 14.9. The van der Waals surface area contributed by atoms with Crippen LogP contribution in [0.5, 0.6) is 0 Å². The molecule has 1 unspecified atom stereocenters. The van der Waals surface area contributed by atoms with Crippen molar-refractivity contribution in [3.63, 3.8) is 0 Å². The molecule has 1 atom stereocenters. The average molecular weight is 391 g/mol. The van der Waals surface area contributed by atoms with Crippen LogP contribution in [0.1, 0.15) is 19.7 Å². The highest BCUT2D eigenvalue weighted by molar-refractivity contribution is 7.99. The third-order valence-electron chi connectivity index (χ3n) is 3.83. The summed E-state index contributed by atoms with van der Waals surface area (Å²) in [6.45, 7) is 7.04. The number of aryl methyl sites for hydroxylation is 1. The van der Waals surface area contributed by atoms with Gasteiger partial charge in [0.1, 0.15) is 12.2 Å². The molecule has 0 bridgehead atoms. The number of methoxy groups -OCH3 is 1. The first-order chi connectivity index (χ1) is 13.2. The van der Waals surface area contributed by atoms with Crippen LogP contribution in [0.2, 0.25) is 0 Å². The van der Waals surface area contributed by atoms with Crippen LogP contribution in [-0.4, -0.2) is 59.3 Å². The van der Waals surface area contributed by atoms with Gasteiger partial charge in [0.2, 0.25) is 0 Å². The van der Waals surface area contributed by atoms with E-state index in [0.717, 1.165) is 37.0 Å². The molecule has 0 aliphatic carbocycles. The molecule has 7 nitrogen and oxygen atoms in total. The van der Waals surface area contributed by atoms with Crippen molar-refractivity contribution >= 4 is 17.7 Å². The normalized spacial score (nSPS) is 12.8. The maximum atomic E-state index is 5.21. The Morgan fingerprint density at radius 2 is 2.15 bits per heavy atom. The number of rotatable bonds is 11. The van der Waals surface area contributed by atoms with Crippen molar-refractivity contribution in [2.24, 2.45) is 4.99 Å². The van der Waals surface area contributed by atoms with Gasteiger partial charge in [-0.15, -0.1) is 22.0 Å². The number of aromatic nitrogens is 3. The maximum Gasteiger partial charge on any atom is 0.191 e. The lowest BCUT2D eigenvalue weighted by Gasteiger charge is -2.18. The van der Waals surface area contributed by atoms with Crippen LogP contribution in [-0.2, 0) is 17.7 Å². The van der Waals surface area contributed by atoms with Gasteiger partial charge in [0.25, 0.3) is 0 Å². The van der Waals surface area contributed by atoms with Gasteiger partial charge in [0.15, 0.2) is 5.96 Å². The van der Waals surface area contributed by atoms with Gasteiger partial charge in [0, 0.05) is 43.3 Å². The Morgan fingerprint density at radius 1 is 1.33 bits per heavy atom. The summed E-state index contributed by atoms with van der Waals surface area (Å²) in [7, 11) is 1.71. The largest absolute Gasteiger partial charge is 0.383 e. The first-order valence-electron chi connectivity index (χ1n) is 9.31. The lowest BCUT2D eigenvalue weighted by atomic mass is 10.4. The van der Waals surface area contributed by atoms with E-state index in [1.54, 1.807) is 13.4 Å². The molecule has 0 spiro atoms. The van der Waals surface area contributed by atoms with Crippen LogP contribution in [0.3, 0.4) is 0 Å². The van der Waals surface area contributed by atoms with Crippen LogP contribution in [0, 0.1) is 0 Å². The van der Waals surface area contributed by atoms with Crippen molar-refractivity contribution < 1.29 is 4.74 Å². The molecule has 0 aliphatic rings. The van der Waals surface area contributed by atoms with E-state index in [4.69, 9.17) is 9.73 Å². The van der Waals surface area contributed by atoms with Crippen LogP contribution in [0.15, 0.2) is 46.5 Å². The number of nitrogens with zero attached hydrogens (tertiary/aromatic N) is 4. The lowest BCUT2D eigenvalue weighted by Crippen LogP contribution is -2.44. The van der Waals surface area contributed by atoms with E-state index in [1.165, 1.54) is 4.90 Å². The summed E-state index contributed by atoms with van der Waals surface area (Å²) >= 11 is 1.83. The number of guanidine groups is 1. The Kier molecular flexibility index (Phi) is 9.72. The Morgan fingerprint density at radius 3 is 2.89 bits per heavy atom. The highest BCUT2D eigenvalue weighted by Gasteiger charge is 2.06. The number of benzene rings is 1. The number of hydrogen-bond donors (Lipinski definition) is 2. The van der Waals surface area contributed by atoms with Crippen molar-refractivity contribution in [2.75, 3.05) is 32.6 Å². The van der Waals surface area contributed by atoms with Crippen molar-refractivity contribution in [1.82, 2.24) is 25.4 Å². The second-order valence-electron chi connectivity index (χ2n) is 6.11. The highest BCUT2D eigenvalue weighted by Crippen LogP contribution is 2.15. The number of ether oxygens (including phenoxy) is 1. The zero-order valence-corrected chi connectivity index (χ0v) is 17.2. The zero-order valence-electron chi connectivity index (χ0n) is 16.4. The molecule has 1 heterocycles. The molecule has 148 valence electrons. The minimum atomic E-state index is 0.184. The molecule has 2 aromatic rings. The third-order valence-corrected chi connectivity index (χ3v) is 4.84. The summed E-state index contributed by atoms with van der Waals surface area (Å²) in [6, 6.07) is 10.6. The highest BCUT2D eigenvalue weighted by atomic mass is 32.2. The predicted molar refractivity (Wildman–Crippen MR) is 111 cm³/mol. The fourth-order valence-corrected chi connectivity index (χ4v) is 3.33. The predicted octanol–water partition coefficient (Wildman–Crippen LogP) is 2.20. The molecule has 0 aliphatic heterocycles. The van der Waals surface area contributed by atoms with Crippen LogP contribution >= 0.6 is 11.8 Å². The van der Waals surface area contributed by atoms with Crippen LogP contribution in [0.25, 0.3) is 0 Å². The quantitative estimate of drug-likeness (QED) is 0.265. The molecule has 2 rings (SSSR count). The minimum absolute atomic E-state index is 0.184.